The number of ether oxygens (including phenoxy) is 1. The minimum atomic E-state index is -0.0151. The number of halogens is 1. The summed E-state index contributed by atoms with van der Waals surface area (Å²) in [6, 6.07) is 0. The van der Waals surface area contributed by atoms with Gasteiger partial charge >= 0.3 is 0 Å². The minimum Gasteiger partial charge on any atom is -0.375 e. The molecule has 1 aromatic rings. The van der Waals surface area contributed by atoms with Gasteiger partial charge in [-0.1, -0.05) is 18.5 Å². The van der Waals surface area contributed by atoms with Crippen molar-refractivity contribution in [2.24, 2.45) is 0 Å². The highest BCUT2D eigenvalue weighted by Crippen LogP contribution is 2.22. The van der Waals surface area contributed by atoms with Gasteiger partial charge in [0.15, 0.2) is 0 Å². The summed E-state index contributed by atoms with van der Waals surface area (Å²) in [6.07, 6.45) is 1.53. The number of hydrogen-bond acceptors (Lipinski definition) is 4. The molecule has 1 saturated heterocycles. The van der Waals surface area contributed by atoms with Crippen LogP contribution in [0.1, 0.15) is 31.7 Å². The molecule has 1 aromatic heterocycles. The lowest BCUT2D eigenvalue weighted by atomic mass is 10.1. The Balaban J connectivity index is 2.01. The summed E-state index contributed by atoms with van der Waals surface area (Å²) in [5.41, 5.74) is 1.70. The Morgan fingerprint density at radius 1 is 1.55 bits per heavy atom. The quantitative estimate of drug-likeness (QED) is 0.867. The van der Waals surface area contributed by atoms with Crippen LogP contribution in [0.2, 0.25) is 5.02 Å². The van der Waals surface area contributed by atoms with Crippen molar-refractivity contribution in [1.82, 2.24) is 15.1 Å². The molecule has 112 valence electrons. The molecule has 5 nitrogen and oxygen atoms in total. The van der Waals surface area contributed by atoms with Gasteiger partial charge in [0.1, 0.15) is 5.78 Å². The molecular formula is C14H22ClN3O2. The maximum atomic E-state index is 12.2. The van der Waals surface area contributed by atoms with Crippen LogP contribution in [0, 0.1) is 0 Å². The Hall–Kier alpha value is -0.910. The normalized spacial score (nSPS) is 19.2. The number of aromatic nitrogens is 2. The molecule has 0 aromatic carbocycles. The summed E-state index contributed by atoms with van der Waals surface area (Å²) in [6.45, 7) is 7.02. The molecule has 0 radical (unpaired) electrons. The van der Waals surface area contributed by atoms with E-state index in [2.05, 4.69) is 10.4 Å². The first kappa shape index (κ1) is 15.5. The van der Waals surface area contributed by atoms with Crippen LogP contribution in [0.4, 0.5) is 0 Å². The van der Waals surface area contributed by atoms with Gasteiger partial charge in [0, 0.05) is 32.5 Å². The molecule has 0 aliphatic carbocycles. The molecule has 1 N–H and O–H groups in total. The first-order chi connectivity index (χ1) is 9.65. The molecule has 1 unspecified atom stereocenters. The van der Waals surface area contributed by atoms with Crippen molar-refractivity contribution in [2.75, 3.05) is 19.7 Å². The molecular weight excluding hydrogens is 278 g/mol. The average Bonchev–Trinajstić information content (AvgIpc) is 2.76. The first-order valence-corrected chi connectivity index (χ1v) is 7.61. The number of hydrogen-bond donors (Lipinski definition) is 1. The molecule has 20 heavy (non-hydrogen) atoms. The first-order valence-electron chi connectivity index (χ1n) is 7.23. The zero-order valence-electron chi connectivity index (χ0n) is 12.1. The van der Waals surface area contributed by atoms with E-state index in [0.717, 1.165) is 37.4 Å². The summed E-state index contributed by atoms with van der Waals surface area (Å²) >= 11 is 6.32. The number of aryl methyl sites for hydroxylation is 2. The minimum absolute atomic E-state index is 0.0151. The maximum absolute atomic E-state index is 12.2. The van der Waals surface area contributed by atoms with Crippen molar-refractivity contribution in [2.45, 2.75) is 45.8 Å². The highest BCUT2D eigenvalue weighted by molar-refractivity contribution is 6.32. The fourth-order valence-electron chi connectivity index (χ4n) is 2.45. The van der Waals surface area contributed by atoms with Gasteiger partial charge in [0.05, 0.1) is 29.1 Å². The molecule has 0 amide bonds. The van der Waals surface area contributed by atoms with E-state index in [4.69, 9.17) is 16.3 Å². The van der Waals surface area contributed by atoms with Crippen LogP contribution < -0.4 is 5.32 Å². The van der Waals surface area contributed by atoms with E-state index in [9.17, 15) is 4.79 Å². The lowest BCUT2D eigenvalue weighted by Gasteiger charge is -2.22. The molecule has 1 aliphatic rings. The Bertz CT molecular complexity index is 467. The fraction of sp³-hybridized carbons (Fsp3) is 0.714. The number of carbonyl (C=O) groups excluding carboxylic acids is 1. The molecule has 2 rings (SSSR count). The summed E-state index contributed by atoms with van der Waals surface area (Å²) in [4.78, 5) is 12.2. The van der Waals surface area contributed by atoms with E-state index in [1.54, 1.807) is 0 Å². The van der Waals surface area contributed by atoms with Crippen LogP contribution in [-0.4, -0.2) is 41.4 Å². The Labute approximate surface area is 124 Å². The van der Waals surface area contributed by atoms with Crippen molar-refractivity contribution in [1.29, 1.82) is 0 Å². The molecule has 0 spiro atoms. The zero-order valence-corrected chi connectivity index (χ0v) is 12.9. The third-order valence-corrected chi connectivity index (χ3v) is 3.95. The van der Waals surface area contributed by atoms with E-state index < -0.39 is 0 Å². The number of rotatable bonds is 6. The predicted octanol–water partition coefficient (Wildman–Crippen LogP) is 1.61. The Kier molecular flexibility index (Phi) is 5.57. The fourth-order valence-corrected chi connectivity index (χ4v) is 2.79. The molecule has 2 heterocycles. The van der Waals surface area contributed by atoms with E-state index in [1.807, 2.05) is 18.5 Å². The summed E-state index contributed by atoms with van der Waals surface area (Å²) in [7, 11) is 0. The SMILES string of the molecule is CCc1nn(CC)c(CC(=O)CC2CNCCO2)c1Cl. The number of nitrogens with one attached hydrogen (secondary N) is 1. The highest BCUT2D eigenvalue weighted by Gasteiger charge is 2.21. The van der Waals surface area contributed by atoms with Crippen LogP contribution in [0.15, 0.2) is 0 Å². The molecule has 6 heteroatoms. The Morgan fingerprint density at radius 2 is 2.35 bits per heavy atom. The molecule has 1 fully saturated rings. The van der Waals surface area contributed by atoms with Crippen molar-refractivity contribution < 1.29 is 9.53 Å². The van der Waals surface area contributed by atoms with Crippen LogP contribution in [0.5, 0.6) is 0 Å². The van der Waals surface area contributed by atoms with Crippen molar-refractivity contribution >= 4 is 17.4 Å². The van der Waals surface area contributed by atoms with Crippen molar-refractivity contribution in [3.63, 3.8) is 0 Å². The Morgan fingerprint density at radius 3 is 2.95 bits per heavy atom. The second-order valence-corrected chi connectivity index (χ2v) is 5.37. The van der Waals surface area contributed by atoms with E-state index in [1.165, 1.54) is 0 Å². The smallest absolute Gasteiger partial charge is 0.141 e. The van der Waals surface area contributed by atoms with Gasteiger partial charge in [-0.3, -0.25) is 9.48 Å². The third kappa shape index (κ3) is 3.59. The van der Waals surface area contributed by atoms with Crippen molar-refractivity contribution in [3.05, 3.63) is 16.4 Å². The van der Waals surface area contributed by atoms with Gasteiger partial charge in [-0.15, -0.1) is 0 Å². The lowest BCUT2D eigenvalue weighted by Crippen LogP contribution is -2.39. The standard InChI is InChI=1S/C14H22ClN3O2/c1-3-12-14(15)13(18(4-2)17-12)8-10(19)7-11-9-16-5-6-20-11/h11,16H,3-9H2,1-2H3. The molecule has 0 bridgehead atoms. The van der Waals surface area contributed by atoms with Gasteiger partial charge in [-0.2, -0.15) is 5.10 Å². The van der Waals surface area contributed by atoms with E-state index in [0.29, 0.717) is 24.5 Å². The molecule has 0 saturated carbocycles. The lowest BCUT2D eigenvalue weighted by molar-refractivity contribution is -0.121. The topological polar surface area (TPSA) is 56.2 Å². The maximum Gasteiger partial charge on any atom is 0.141 e. The van der Waals surface area contributed by atoms with Gasteiger partial charge in [0.2, 0.25) is 0 Å². The number of ketones is 1. The molecule has 1 atom stereocenters. The van der Waals surface area contributed by atoms with Crippen molar-refractivity contribution in [3.8, 4) is 0 Å². The number of morpholine rings is 1. The number of Topliss-reactive ketones (excluding diaryl/α,β-unsaturated/α-hetero) is 1. The van der Waals surface area contributed by atoms with Gasteiger partial charge < -0.3 is 10.1 Å². The van der Waals surface area contributed by atoms with Crippen LogP contribution in [0.25, 0.3) is 0 Å². The van der Waals surface area contributed by atoms with Crippen LogP contribution in [0.3, 0.4) is 0 Å². The van der Waals surface area contributed by atoms with Gasteiger partial charge in [-0.05, 0) is 13.3 Å². The number of carbonyl (C=O) groups is 1. The van der Waals surface area contributed by atoms with Gasteiger partial charge in [-0.25, -0.2) is 0 Å². The highest BCUT2D eigenvalue weighted by atomic mass is 35.5. The second kappa shape index (κ2) is 7.20. The third-order valence-electron chi connectivity index (χ3n) is 3.52. The van der Waals surface area contributed by atoms with Crippen LogP contribution >= 0.6 is 11.6 Å². The summed E-state index contributed by atoms with van der Waals surface area (Å²) in [5.74, 6) is 0.151. The largest absolute Gasteiger partial charge is 0.375 e. The summed E-state index contributed by atoms with van der Waals surface area (Å²) in [5, 5.41) is 8.31. The zero-order chi connectivity index (χ0) is 14.5. The number of nitrogens with zero attached hydrogens (tertiary/aromatic N) is 2. The molecule has 1 aliphatic heterocycles. The van der Waals surface area contributed by atoms with Gasteiger partial charge in [0.25, 0.3) is 0 Å². The van der Waals surface area contributed by atoms with E-state index >= 15 is 0 Å². The average molecular weight is 300 g/mol. The van der Waals surface area contributed by atoms with E-state index in [-0.39, 0.29) is 11.9 Å². The second-order valence-electron chi connectivity index (χ2n) is 4.99. The predicted molar refractivity (Wildman–Crippen MR) is 78.2 cm³/mol. The summed E-state index contributed by atoms with van der Waals surface area (Å²) < 4.78 is 7.39. The monoisotopic (exact) mass is 299 g/mol. The van der Waals surface area contributed by atoms with Crippen LogP contribution in [-0.2, 0) is 28.9 Å².